The summed E-state index contributed by atoms with van der Waals surface area (Å²) < 4.78 is 5.73. The summed E-state index contributed by atoms with van der Waals surface area (Å²) in [5.41, 5.74) is 2.59. The van der Waals surface area contributed by atoms with Gasteiger partial charge >= 0.3 is 0 Å². The molecule has 3 rings (SSSR count). The van der Waals surface area contributed by atoms with Crippen molar-refractivity contribution in [2.24, 2.45) is 0 Å². The maximum atomic E-state index is 12.4. The van der Waals surface area contributed by atoms with Crippen molar-refractivity contribution in [2.75, 3.05) is 19.7 Å². The Hall–Kier alpha value is -2.29. The molecular weight excluding hydrogens is 310 g/mol. The molecule has 2 aromatic rings. The Morgan fingerprint density at radius 1 is 1.08 bits per heavy atom. The van der Waals surface area contributed by atoms with Crippen LogP contribution in [0.4, 0.5) is 0 Å². The van der Waals surface area contributed by atoms with E-state index in [1.54, 1.807) is 0 Å². The predicted molar refractivity (Wildman–Crippen MR) is 101 cm³/mol. The van der Waals surface area contributed by atoms with Crippen molar-refractivity contribution in [3.63, 3.8) is 0 Å². The summed E-state index contributed by atoms with van der Waals surface area (Å²) in [5.74, 6) is 1.74. The van der Waals surface area contributed by atoms with Gasteiger partial charge in [0.25, 0.3) is 0 Å². The molecule has 1 fully saturated rings. The van der Waals surface area contributed by atoms with Gasteiger partial charge in [0, 0.05) is 19.5 Å². The van der Waals surface area contributed by atoms with Crippen molar-refractivity contribution in [1.82, 2.24) is 4.90 Å². The lowest BCUT2D eigenvalue weighted by atomic mass is 9.89. The van der Waals surface area contributed by atoms with E-state index in [1.807, 2.05) is 23.1 Å². The number of piperidine rings is 1. The maximum Gasteiger partial charge on any atom is 0.222 e. The number of carbonyl (C=O) groups is 1. The summed E-state index contributed by atoms with van der Waals surface area (Å²) in [5, 5.41) is 0. The molecule has 1 saturated heterocycles. The van der Waals surface area contributed by atoms with E-state index < -0.39 is 0 Å². The number of hydrogen-bond donors (Lipinski definition) is 0. The second-order valence-corrected chi connectivity index (χ2v) is 6.83. The van der Waals surface area contributed by atoms with Crippen molar-refractivity contribution in [1.29, 1.82) is 0 Å². The Labute approximate surface area is 150 Å². The molecule has 0 bridgehead atoms. The van der Waals surface area contributed by atoms with E-state index in [-0.39, 0.29) is 5.91 Å². The lowest BCUT2D eigenvalue weighted by Crippen LogP contribution is -2.37. The largest absolute Gasteiger partial charge is 0.494 e. The number of hydrogen-bond acceptors (Lipinski definition) is 2. The predicted octanol–water partition coefficient (Wildman–Crippen LogP) is 4.56. The van der Waals surface area contributed by atoms with Gasteiger partial charge in [-0.05, 0) is 55.4 Å². The SMILES string of the molecule is Cc1cccc(OCCCC(=O)N2CCC(c3ccccc3)CC2)c1. The van der Waals surface area contributed by atoms with Gasteiger partial charge < -0.3 is 9.64 Å². The van der Waals surface area contributed by atoms with E-state index in [1.165, 1.54) is 11.1 Å². The Morgan fingerprint density at radius 3 is 2.56 bits per heavy atom. The molecule has 2 aromatic carbocycles. The van der Waals surface area contributed by atoms with Crippen LogP contribution in [0.5, 0.6) is 5.75 Å². The van der Waals surface area contributed by atoms with Gasteiger partial charge in [0.2, 0.25) is 5.91 Å². The van der Waals surface area contributed by atoms with Gasteiger partial charge in [-0.1, -0.05) is 42.5 Å². The third kappa shape index (κ3) is 5.09. The molecule has 1 aliphatic heterocycles. The molecule has 0 N–H and O–H groups in total. The molecule has 25 heavy (non-hydrogen) atoms. The molecule has 0 saturated carbocycles. The third-order valence-corrected chi connectivity index (χ3v) is 4.91. The van der Waals surface area contributed by atoms with E-state index in [4.69, 9.17) is 4.74 Å². The zero-order valence-corrected chi connectivity index (χ0v) is 15.0. The van der Waals surface area contributed by atoms with E-state index in [0.29, 0.717) is 18.9 Å². The Morgan fingerprint density at radius 2 is 1.84 bits per heavy atom. The normalized spacial score (nSPS) is 15.2. The average Bonchev–Trinajstić information content (AvgIpc) is 2.66. The second kappa shape index (κ2) is 8.70. The van der Waals surface area contributed by atoms with Crippen LogP contribution in [0.2, 0.25) is 0 Å². The quantitative estimate of drug-likeness (QED) is 0.723. The highest BCUT2D eigenvalue weighted by Gasteiger charge is 2.23. The molecule has 1 aliphatic rings. The zero-order valence-electron chi connectivity index (χ0n) is 15.0. The molecule has 0 aliphatic carbocycles. The van der Waals surface area contributed by atoms with Crippen LogP contribution in [0, 0.1) is 6.92 Å². The van der Waals surface area contributed by atoms with Crippen molar-refractivity contribution in [3.05, 3.63) is 65.7 Å². The first kappa shape index (κ1) is 17.5. The Kier molecular flexibility index (Phi) is 6.10. The smallest absolute Gasteiger partial charge is 0.222 e. The second-order valence-electron chi connectivity index (χ2n) is 6.83. The van der Waals surface area contributed by atoms with Crippen molar-refractivity contribution >= 4 is 5.91 Å². The fraction of sp³-hybridized carbons (Fsp3) is 0.409. The number of ether oxygens (including phenoxy) is 1. The van der Waals surface area contributed by atoms with Gasteiger partial charge in [-0.25, -0.2) is 0 Å². The molecule has 0 radical (unpaired) electrons. The molecule has 132 valence electrons. The minimum atomic E-state index is 0.263. The molecule has 1 amide bonds. The van der Waals surface area contributed by atoms with Crippen LogP contribution < -0.4 is 4.74 Å². The highest BCUT2D eigenvalue weighted by Crippen LogP contribution is 2.28. The van der Waals surface area contributed by atoms with Gasteiger partial charge in [-0.3, -0.25) is 4.79 Å². The number of likely N-dealkylation sites (tertiary alicyclic amines) is 1. The average molecular weight is 337 g/mol. The summed E-state index contributed by atoms with van der Waals surface area (Å²) in [6.45, 7) is 4.39. The lowest BCUT2D eigenvalue weighted by Gasteiger charge is -2.32. The van der Waals surface area contributed by atoms with Crippen LogP contribution in [-0.2, 0) is 4.79 Å². The van der Waals surface area contributed by atoms with Gasteiger partial charge in [-0.2, -0.15) is 0 Å². The lowest BCUT2D eigenvalue weighted by molar-refractivity contribution is -0.132. The molecule has 0 aromatic heterocycles. The van der Waals surface area contributed by atoms with Gasteiger partial charge in [0.1, 0.15) is 5.75 Å². The molecule has 3 nitrogen and oxygen atoms in total. The Bertz CT molecular complexity index is 675. The van der Waals surface area contributed by atoms with Crippen LogP contribution >= 0.6 is 0 Å². The van der Waals surface area contributed by atoms with Crippen molar-refractivity contribution in [2.45, 2.75) is 38.5 Å². The van der Waals surface area contributed by atoms with Gasteiger partial charge in [0.05, 0.1) is 6.61 Å². The van der Waals surface area contributed by atoms with Crippen LogP contribution in [0.25, 0.3) is 0 Å². The summed E-state index contributed by atoms with van der Waals surface area (Å²) in [4.78, 5) is 14.4. The van der Waals surface area contributed by atoms with Crippen molar-refractivity contribution < 1.29 is 9.53 Å². The number of benzene rings is 2. The van der Waals surface area contributed by atoms with Gasteiger partial charge in [0.15, 0.2) is 0 Å². The highest BCUT2D eigenvalue weighted by molar-refractivity contribution is 5.76. The minimum absolute atomic E-state index is 0.263. The minimum Gasteiger partial charge on any atom is -0.494 e. The first-order valence-corrected chi connectivity index (χ1v) is 9.24. The third-order valence-electron chi connectivity index (χ3n) is 4.91. The maximum absolute atomic E-state index is 12.4. The monoisotopic (exact) mass is 337 g/mol. The highest BCUT2D eigenvalue weighted by atomic mass is 16.5. The standard InChI is InChI=1S/C22H27NO2/c1-18-7-5-10-21(17-18)25-16-6-11-22(24)23-14-12-20(13-15-23)19-8-3-2-4-9-19/h2-5,7-10,17,20H,6,11-16H2,1H3. The van der Waals surface area contributed by atoms with E-state index in [9.17, 15) is 4.79 Å². The van der Waals surface area contributed by atoms with E-state index in [0.717, 1.165) is 38.1 Å². The molecule has 0 atom stereocenters. The number of amides is 1. The summed E-state index contributed by atoms with van der Waals surface area (Å²) >= 11 is 0. The van der Waals surface area contributed by atoms with E-state index in [2.05, 4.69) is 43.3 Å². The topological polar surface area (TPSA) is 29.5 Å². The van der Waals surface area contributed by atoms with E-state index >= 15 is 0 Å². The van der Waals surface area contributed by atoms with Crippen molar-refractivity contribution in [3.8, 4) is 5.75 Å². The summed E-state index contributed by atoms with van der Waals surface area (Å²) in [7, 11) is 0. The first-order valence-electron chi connectivity index (χ1n) is 9.24. The molecule has 0 spiro atoms. The van der Waals surface area contributed by atoms with Crippen LogP contribution in [0.1, 0.15) is 42.7 Å². The molecule has 0 unspecified atom stereocenters. The van der Waals surface area contributed by atoms with Crippen LogP contribution in [0.15, 0.2) is 54.6 Å². The molecular formula is C22H27NO2. The van der Waals surface area contributed by atoms with Crippen LogP contribution in [0.3, 0.4) is 0 Å². The summed E-state index contributed by atoms with van der Waals surface area (Å²) in [6.07, 6.45) is 3.47. The molecule has 1 heterocycles. The fourth-order valence-corrected chi connectivity index (χ4v) is 3.46. The zero-order chi connectivity index (χ0) is 17.5. The number of rotatable bonds is 6. The number of aryl methyl sites for hydroxylation is 1. The number of carbonyl (C=O) groups excluding carboxylic acids is 1. The number of nitrogens with zero attached hydrogens (tertiary/aromatic N) is 1. The Balaban J connectivity index is 1.37. The fourth-order valence-electron chi connectivity index (χ4n) is 3.46. The molecule has 3 heteroatoms. The first-order chi connectivity index (χ1) is 12.2. The summed E-state index contributed by atoms with van der Waals surface area (Å²) in [6, 6.07) is 18.7. The van der Waals surface area contributed by atoms with Crippen LogP contribution in [-0.4, -0.2) is 30.5 Å². The van der Waals surface area contributed by atoms with Gasteiger partial charge in [-0.15, -0.1) is 0 Å².